The zero-order chi connectivity index (χ0) is 17.4. The normalized spacial score (nSPS) is 10.3. The van der Waals surface area contributed by atoms with Gasteiger partial charge in [0.05, 0.1) is 18.8 Å². The molecule has 2 aromatic carbocycles. The van der Waals surface area contributed by atoms with Crippen molar-refractivity contribution < 1.29 is 18.7 Å². The zero-order valence-corrected chi connectivity index (χ0v) is 14.0. The van der Waals surface area contributed by atoms with Gasteiger partial charge in [0, 0.05) is 13.0 Å². The molecule has 0 bridgehead atoms. The maximum Gasteiger partial charge on any atom is 0.255 e. The SMILES string of the molecule is CCNC(=O)c1cccc(C)c1OCCCOc1ccc(F)cc1. The number of nitrogens with one attached hydrogen (secondary N) is 1. The molecule has 0 heterocycles. The molecule has 24 heavy (non-hydrogen) atoms. The monoisotopic (exact) mass is 331 g/mol. The van der Waals surface area contributed by atoms with Gasteiger partial charge in [0.2, 0.25) is 0 Å². The van der Waals surface area contributed by atoms with E-state index in [1.165, 1.54) is 12.1 Å². The summed E-state index contributed by atoms with van der Waals surface area (Å²) in [5.74, 6) is 0.794. The standard InChI is InChI=1S/C19H22FNO3/c1-3-21-19(22)17-7-4-6-14(2)18(17)24-13-5-12-23-16-10-8-15(20)9-11-16/h4,6-11H,3,5,12-13H2,1-2H3,(H,21,22). The topological polar surface area (TPSA) is 47.6 Å². The molecule has 0 aliphatic carbocycles. The molecule has 0 spiro atoms. The lowest BCUT2D eigenvalue weighted by atomic mass is 10.1. The summed E-state index contributed by atoms with van der Waals surface area (Å²) in [4.78, 5) is 12.1. The lowest BCUT2D eigenvalue weighted by molar-refractivity contribution is 0.0951. The van der Waals surface area contributed by atoms with Gasteiger partial charge in [0.25, 0.3) is 5.91 Å². The molecule has 4 nitrogen and oxygen atoms in total. The van der Waals surface area contributed by atoms with Crippen LogP contribution in [0.25, 0.3) is 0 Å². The van der Waals surface area contributed by atoms with Crippen molar-refractivity contribution in [3.63, 3.8) is 0 Å². The fourth-order valence-electron chi connectivity index (χ4n) is 2.23. The van der Waals surface area contributed by atoms with Crippen LogP contribution >= 0.6 is 0 Å². The summed E-state index contributed by atoms with van der Waals surface area (Å²) in [7, 11) is 0. The molecular weight excluding hydrogens is 309 g/mol. The molecule has 1 amide bonds. The van der Waals surface area contributed by atoms with Crippen molar-refractivity contribution in [1.29, 1.82) is 0 Å². The Labute approximate surface area is 141 Å². The van der Waals surface area contributed by atoms with Crippen LogP contribution in [-0.4, -0.2) is 25.7 Å². The number of hydrogen-bond acceptors (Lipinski definition) is 3. The fraction of sp³-hybridized carbons (Fsp3) is 0.316. The quantitative estimate of drug-likeness (QED) is 0.750. The van der Waals surface area contributed by atoms with E-state index >= 15 is 0 Å². The summed E-state index contributed by atoms with van der Waals surface area (Å²) >= 11 is 0. The molecule has 2 aromatic rings. The molecule has 0 aliphatic rings. The number of aryl methyl sites for hydroxylation is 1. The first kappa shape index (κ1) is 17.8. The second kappa shape index (κ2) is 8.91. The minimum Gasteiger partial charge on any atom is -0.493 e. The van der Waals surface area contributed by atoms with Crippen LogP contribution in [0, 0.1) is 12.7 Å². The lowest BCUT2D eigenvalue weighted by Crippen LogP contribution is -2.23. The highest BCUT2D eigenvalue weighted by molar-refractivity contribution is 5.97. The predicted molar refractivity (Wildman–Crippen MR) is 91.2 cm³/mol. The Morgan fingerprint density at radius 3 is 2.50 bits per heavy atom. The van der Waals surface area contributed by atoms with Gasteiger partial charge in [-0.2, -0.15) is 0 Å². The van der Waals surface area contributed by atoms with Gasteiger partial charge in [-0.3, -0.25) is 4.79 Å². The van der Waals surface area contributed by atoms with E-state index in [-0.39, 0.29) is 11.7 Å². The number of ether oxygens (including phenoxy) is 2. The van der Waals surface area contributed by atoms with Crippen molar-refractivity contribution in [2.45, 2.75) is 20.3 Å². The molecule has 0 unspecified atom stereocenters. The van der Waals surface area contributed by atoms with Crippen LogP contribution in [0.1, 0.15) is 29.3 Å². The van der Waals surface area contributed by atoms with Gasteiger partial charge in [-0.05, 0) is 49.7 Å². The van der Waals surface area contributed by atoms with Gasteiger partial charge in [0.1, 0.15) is 17.3 Å². The third kappa shape index (κ3) is 4.98. The molecule has 0 fully saturated rings. The lowest BCUT2D eigenvalue weighted by Gasteiger charge is -2.14. The maximum atomic E-state index is 12.8. The number of benzene rings is 2. The zero-order valence-electron chi connectivity index (χ0n) is 14.0. The van der Waals surface area contributed by atoms with Gasteiger partial charge >= 0.3 is 0 Å². The maximum absolute atomic E-state index is 12.8. The number of amides is 1. The van der Waals surface area contributed by atoms with E-state index in [0.717, 1.165) is 5.56 Å². The third-order valence-corrected chi connectivity index (χ3v) is 3.41. The van der Waals surface area contributed by atoms with Gasteiger partial charge in [-0.25, -0.2) is 4.39 Å². The van der Waals surface area contributed by atoms with Crippen LogP contribution < -0.4 is 14.8 Å². The van der Waals surface area contributed by atoms with E-state index < -0.39 is 0 Å². The van der Waals surface area contributed by atoms with Crippen LogP contribution in [0.5, 0.6) is 11.5 Å². The fourth-order valence-corrected chi connectivity index (χ4v) is 2.23. The Bertz CT molecular complexity index is 671. The van der Waals surface area contributed by atoms with E-state index in [4.69, 9.17) is 9.47 Å². The molecule has 0 aromatic heterocycles. The molecule has 128 valence electrons. The predicted octanol–water partition coefficient (Wildman–Crippen LogP) is 3.73. The first-order valence-corrected chi connectivity index (χ1v) is 8.00. The van der Waals surface area contributed by atoms with Crippen molar-refractivity contribution in [3.8, 4) is 11.5 Å². The van der Waals surface area contributed by atoms with E-state index in [1.54, 1.807) is 18.2 Å². The molecule has 0 saturated carbocycles. The van der Waals surface area contributed by atoms with Gasteiger partial charge < -0.3 is 14.8 Å². The first-order chi connectivity index (χ1) is 11.6. The summed E-state index contributed by atoms with van der Waals surface area (Å²) in [5.41, 5.74) is 1.45. The smallest absolute Gasteiger partial charge is 0.255 e. The number of carbonyl (C=O) groups is 1. The van der Waals surface area contributed by atoms with E-state index in [0.29, 0.717) is 43.2 Å². The van der Waals surface area contributed by atoms with E-state index in [9.17, 15) is 9.18 Å². The summed E-state index contributed by atoms with van der Waals surface area (Å²) in [6.45, 7) is 5.23. The van der Waals surface area contributed by atoms with Crippen molar-refractivity contribution in [1.82, 2.24) is 5.32 Å². The van der Waals surface area contributed by atoms with Crippen molar-refractivity contribution in [2.24, 2.45) is 0 Å². The number of rotatable bonds is 8. The average Bonchev–Trinajstić information content (AvgIpc) is 2.57. The van der Waals surface area contributed by atoms with Gasteiger partial charge in [-0.15, -0.1) is 0 Å². The average molecular weight is 331 g/mol. The van der Waals surface area contributed by atoms with Gasteiger partial charge in [-0.1, -0.05) is 12.1 Å². The molecule has 0 atom stereocenters. The van der Waals surface area contributed by atoms with Crippen molar-refractivity contribution in [3.05, 3.63) is 59.4 Å². The summed E-state index contributed by atoms with van der Waals surface area (Å²) < 4.78 is 24.1. The Kier molecular flexibility index (Phi) is 6.61. The second-order valence-corrected chi connectivity index (χ2v) is 5.32. The Morgan fingerprint density at radius 2 is 1.79 bits per heavy atom. The van der Waals surface area contributed by atoms with Crippen LogP contribution in [0.2, 0.25) is 0 Å². The first-order valence-electron chi connectivity index (χ1n) is 8.00. The molecule has 1 N–H and O–H groups in total. The van der Waals surface area contributed by atoms with Crippen LogP contribution in [0.3, 0.4) is 0 Å². The number of halogens is 1. The molecule has 5 heteroatoms. The molecule has 2 rings (SSSR count). The minimum atomic E-state index is -0.289. The highest BCUT2D eigenvalue weighted by Crippen LogP contribution is 2.23. The summed E-state index contributed by atoms with van der Waals surface area (Å²) in [6, 6.07) is 11.4. The number of para-hydroxylation sites is 1. The molecular formula is C19H22FNO3. The largest absolute Gasteiger partial charge is 0.493 e. The number of hydrogen-bond donors (Lipinski definition) is 1. The van der Waals surface area contributed by atoms with E-state index in [1.807, 2.05) is 26.0 Å². The van der Waals surface area contributed by atoms with E-state index in [2.05, 4.69) is 5.32 Å². The minimum absolute atomic E-state index is 0.140. The Balaban J connectivity index is 1.85. The van der Waals surface area contributed by atoms with Crippen molar-refractivity contribution >= 4 is 5.91 Å². The van der Waals surface area contributed by atoms with Crippen LogP contribution in [0.4, 0.5) is 4.39 Å². The van der Waals surface area contributed by atoms with Crippen LogP contribution in [-0.2, 0) is 0 Å². The molecule has 0 radical (unpaired) electrons. The Hall–Kier alpha value is -2.56. The summed E-state index contributed by atoms with van der Waals surface area (Å²) in [6.07, 6.45) is 0.653. The third-order valence-electron chi connectivity index (χ3n) is 3.41. The highest BCUT2D eigenvalue weighted by atomic mass is 19.1. The number of carbonyl (C=O) groups excluding carboxylic acids is 1. The summed E-state index contributed by atoms with van der Waals surface area (Å²) in [5, 5.41) is 2.78. The van der Waals surface area contributed by atoms with Crippen LogP contribution in [0.15, 0.2) is 42.5 Å². The highest BCUT2D eigenvalue weighted by Gasteiger charge is 2.13. The second-order valence-electron chi connectivity index (χ2n) is 5.32. The Morgan fingerprint density at radius 1 is 1.08 bits per heavy atom. The van der Waals surface area contributed by atoms with Crippen molar-refractivity contribution in [2.75, 3.05) is 19.8 Å². The molecule has 0 saturated heterocycles. The molecule has 0 aliphatic heterocycles. The van der Waals surface area contributed by atoms with Gasteiger partial charge in [0.15, 0.2) is 0 Å².